The normalized spacial score (nSPS) is 18.7. The number of carbonyl (C=O) groups is 1. The minimum atomic E-state index is -4.43. The van der Waals surface area contributed by atoms with E-state index in [4.69, 9.17) is 0 Å². The lowest BCUT2D eigenvalue weighted by Gasteiger charge is -2.22. The molecule has 1 aliphatic heterocycles. The summed E-state index contributed by atoms with van der Waals surface area (Å²) in [6.07, 6.45) is 1.06. The molecule has 4 heterocycles. The van der Waals surface area contributed by atoms with Gasteiger partial charge >= 0.3 is 6.18 Å². The molecule has 5 rings (SSSR count). The lowest BCUT2D eigenvalue weighted by Crippen LogP contribution is -2.20. The van der Waals surface area contributed by atoms with Gasteiger partial charge in [0, 0.05) is 54.8 Å². The topological polar surface area (TPSA) is 63.9 Å². The molecule has 0 N–H and O–H groups in total. The third-order valence-electron chi connectivity index (χ3n) is 6.79. The highest BCUT2D eigenvalue weighted by Crippen LogP contribution is 2.41. The SMILES string of the molecule is Cc1cc(-n2ncc3cc(CC(=O)C[C@@H]4CN(C)C[C@H]4c4ccccc4C(F)(F)F)ncc32)ccn1. The molecule has 0 aliphatic carbocycles. The molecule has 1 fully saturated rings. The highest BCUT2D eigenvalue weighted by atomic mass is 19.4. The molecule has 4 aromatic rings. The minimum absolute atomic E-state index is 0.0335. The van der Waals surface area contributed by atoms with Crippen LogP contribution in [0.3, 0.4) is 0 Å². The zero-order valence-electron chi connectivity index (χ0n) is 20.0. The van der Waals surface area contributed by atoms with Crippen molar-refractivity contribution in [1.82, 2.24) is 24.6 Å². The maximum Gasteiger partial charge on any atom is 0.416 e. The predicted molar refractivity (Wildman–Crippen MR) is 130 cm³/mol. The van der Waals surface area contributed by atoms with Crippen LogP contribution >= 0.6 is 0 Å². The van der Waals surface area contributed by atoms with E-state index in [-0.39, 0.29) is 36.0 Å². The predicted octanol–water partition coefficient (Wildman–Crippen LogP) is 4.99. The Bertz CT molecular complexity index is 1410. The van der Waals surface area contributed by atoms with Crippen LogP contribution in [0.5, 0.6) is 0 Å². The molecule has 0 spiro atoms. The molecular weight excluding hydrogens is 467 g/mol. The first-order chi connectivity index (χ1) is 17.2. The second-order valence-corrected chi connectivity index (χ2v) is 9.54. The number of ketones is 1. The summed E-state index contributed by atoms with van der Waals surface area (Å²) in [5, 5.41) is 5.32. The van der Waals surface area contributed by atoms with Crippen molar-refractivity contribution in [3.8, 4) is 5.69 Å². The van der Waals surface area contributed by atoms with Gasteiger partial charge in [0.1, 0.15) is 5.78 Å². The van der Waals surface area contributed by atoms with Crippen LogP contribution in [0.4, 0.5) is 13.2 Å². The van der Waals surface area contributed by atoms with Crippen LogP contribution in [-0.4, -0.2) is 50.6 Å². The molecule has 6 nitrogen and oxygen atoms in total. The van der Waals surface area contributed by atoms with Gasteiger partial charge in [-0.1, -0.05) is 18.2 Å². The van der Waals surface area contributed by atoms with Crippen molar-refractivity contribution in [3.63, 3.8) is 0 Å². The van der Waals surface area contributed by atoms with Crippen molar-refractivity contribution in [2.75, 3.05) is 20.1 Å². The fraction of sp³-hybridized carbons (Fsp3) is 0.333. The summed E-state index contributed by atoms with van der Waals surface area (Å²) in [4.78, 5) is 23.7. The quantitative estimate of drug-likeness (QED) is 0.379. The summed E-state index contributed by atoms with van der Waals surface area (Å²) in [5.41, 5.74) is 2.84. The Hall–Kier alpha value is -3.59. The molecule has 186 valence electrons. The van der Waals surface area contributed by atoms with E-state index in [2.05, 4.69) is 15.1 Å². The molecular formula is C27H26F3N5O. The van der Waals surface area contributed by atoms with Gasteiger partial charge < -0.3 is 4.90 Å². The van der Waals surface area contributed by atoms with Gasteiger partial charge in [-0.25, -0.2) is 4.68 Å². The smallest absolute Gasteiger partial charge is 0.305 e. The fourth-order valence-corrected chi connectivity index (χ4v) is 5.23. The number of alkyl halides is 3. The number of rotatable bonds is 6. The number of aromatic nitrogens is 4. The van der Waals surface area contributed by atoms with Gasteiger partial charge in [0.2, 0.25) is 0 Å². The summed E-state index contributed by atoms with van der Waals surface area (Å²) in [6, 6.07) is 11.3. The standard InChI is InChI=1S/C27H26F3N5O/c1-17-9-21(7-8-31-17)35-26-14-32-20(10-18(26)13-33-35)12-22(36)11-19-15-34(2)16-24(19)23-5-3-4-6-25(23)27(28,29)30/h3-10,13-14,19,24H,11-12,15-16H2,1-2H3/t19-,24-/m1/s1. The lowest BCUT2D eigenvalue weighted by molar-refractivity contribution is -0.138. The van der Waals surface area contributed by atoms with Gasteiger partial charge in [0.05, 0.1) is 29.2 Å². The highest BCUT2D eigenvalue weighted by Gasteiger charge is 2.40. The van der Waals surface area contributed by atoms with Crippen LogP contribution in [-0.2, 0) is 17.4 Å². The third-order valence-corrected chi connectivity index (χ3v) is 6.79. The molecule has 1 aliphatic rings. The van der Waals surface area contributed by atoms with Crippen LogP contribution in [0.2, 0.25) is 0 Å². The molecule has 9 heteroatoms. The van der Waals surface area contributed by atoms with E-state index >= 15 is 0 Å². The van der Waals surface area contributed by atoms with Crippen LogP contribution < -0.4 is 0 Å². The number of nitrogens with zero attached hydrogens (tertiary/aromatic N) is 5. The Balaban J connectivity index is 1.33. The number of fused-ring (bicyclic) bond motifs is 1. The maximum atomic E-state index is 13.6. The van der Waals surface area contributed by atoms with Crippen LogP contribution in [0.1, 0.15) is 34.9 Å². The second-order valence-electron chi connectivity index (χ2n) is 9.54. The van der Waals surface area contributed by atoms with E-state index in [1.165, 1.54) is 6.07 Å². The number of likely N-dealkylation sites (tertiary alicyclic amines) is 1. The molecule has 0 unspecified atom stereocenters. The van der Waals surface area contributed by atoms with Gasteiger partial charge in [-0.3, -0.25) is 14.8 Å². The van der Waals surface area contributed by atoms with Crippen LogP contribution in [0.15, 0.2) is 61.1 Å². The number of hydrogen-bond donors (Lipinski definition) is 0. The molecule has 2 atom stereocenters. The number of pyridine rings is 2. The van der Waals surface area contributed by atoms with Crippen molar-refractivity contribution in [1.29, 1.82) is 0 Å². The van der Waals surface area contributed by atoms with Gasteiger partial charge in [0.25, 0.3) is 0 Å². The molecule has 36 heavy (non-hydrogen) atoms. The molecule has 1 saturated heterocycles. The Morgan fingerprint density at radius 2 is 1.89 bits per heavy atom. The molecule has 0 saturated carbocycles. The number of likely N-dealkylation sites (N-methyl/N-ethyl adjacent to an activating group) is 1. The highest BCUT2D eigenvalue weighted by molar-refractivity contribution is 5.84. The second kappa shape index (κ2) is 9.46. The van der Waals surface area contributed by atoms with E-state index in [1.807, 2.05) is 37.1 Å². The first-order valence-electron chi connectivity index (χ1n) is 11.8. The van der Waals surface area contributed by atoms with Crippen LogP contribution in [0, 0.1) is 12.8 Å². The van der Waals surface area contributed by atoms with Gasteiger partial charge in [-0.2, -0.15) is 18.3 Å². The van der Waals surface area contributed by atoms with Crippen molar-refractivity contribution in [2.45, 2.75) is 31.9 Å². The first-order valence-corrected chi connectivity index (χ1v) is 11.8. The number of hydrogen-bond acceptors (Lipinski definition) is 5. The molecule has 0 amide bonds. The number of aryl methyl sites for hydroxylation is 1. The van der Waals surface area contributed by atoms with Gasteiger partial charge in [-0.15, -0.1) is 0 Å². The maximum absolute atomic E-state index is 13.6. The Morgan fingerprint density at radius 1 is 1.08 bits per heavy atom. The van der Waals surface area contributed by atoms with E-state index in [9.17, 15) is 18.0 Å². The molecule has 0 bridgehead atoms. The summed E-state index contributed by atoms with van der Waals surface area (Å²) < 4.78 is 42.7. The molecule has 3 aromatic heterocycles. The van der Waals surface area contributed by atoms with Crippen molar-refractivity contribution >= 4 is 16.7 Å². The van der Waals surface area contributed by atoms with Crippen molar-refractivity contribution < 1.29 is 18.0 Å². The molecule has 1 aromatic carbocycles. The average Bonchev–Trinajstić information content (AvgIpc) is 3.41. The van der Waals surface area contributed by atoms with E-state index in [1.54, 1.807) is 35.4 Å². The van der Waals surface area contributed by atoms with E-state index < -0.39 is 11.7 Å². The Labute approximate surface area is 206 Å². The van der Waals surface area contributed by atoms with Crippen LogP contribution in [0.25, 0.3) is 16.6 Å². The number of benzene rings is 1. The lowest BCUT2D eigenvalue weighted by atomic mass is 9.83. The summed E-state index contributed by atoms with van der Waals surface area (Å²) >= 11 is 0. The zero-order chi connectivity index (χ0) is 25.4. The molecule has 0 radical (unpaired) electrons. The van der Waals surface area contributed by atoms with Gasteiger partial charge in [-0.05, 0) is 49.7 Å². The van der Waals surface area contributed by atoms with E-state index in [0.717, 1.165) is 28.4 Å². The number of halogens is 3. The Kier molecular flexibility index (Phi) is 6.34. The largest absolute Gasteiger partial charge is 0.416 e. The summed E-state index contributed by atoms with van der Waals surface area (Å²) in [5.74, 6) is -0.574. The summed E-state index contributed by atoms with van der Waals surface area (Å²) in [7, 11) is 1.88. The monoisotopic (exact) mass is 493 g/mol. The van der Waals surface area contributed by atoms with E-state index in [0.29, 0.717) is 18.8 Å². The summed E-state index contributed by atoms with van der Waals surface area (Å²) in [6.45, 7) is 2.97. The zero-order valence-corrected chi connectivity index (χ0v) is 20.0. The van der Waals surface area contributed by atoms with Crippen molar-refractivity contribution in [2.24, 2.45) is 5.92 Å². The first kappa shape index (κ1) is 24.1. The van der Waals surface area contributed by atoms with Crippen molar-refractivity contribution in [3.05, 3.63) is 83.6 Å². The average molecular weight is 494 g/mol. The minimum Gasteiger partial charge on any atom is -0.305 e. The fourth-order valence-electron chi connectivity index (χ4n) is 5.23. The number of carbonyl (C=O) groups excluding carboxylic acids is 1. The number of Topliss-reactive ketones (excluding diaryl/α,β-unsaturated/α-hetero) is 1. The van der Waals surface area contributed by atoms with Gasteiger partial charge in [0.15, 0.2) is 0 Å². The Morgan fingerprint density at radius 3 is 2.67 bits per heavy atom. The third kappa shape index (κ3) is 4.88.